The van der Waals surface area contributed by atoms with Gasteiger partial charge in [0, 0.05) is 0 Å². The molecule has 1 nitrogen and oxygen atoms in total. The summed E-state index contributed by atoms with van der Waals surface area (Å²) >= 11 is 0. The van der Waals surface area contributed by atoms with E-state index in [-0.39, 0.29) is 6.07 Å². The zero-order valence-electron chi connectivity index (χ0n) is 7.73. The minimum Gasteiger partial charge on any atom is -0.319 e. The van der Waals surface area contributed by atoms with E-state index in [9.17, 15) is 26.3 Å². The van der Waals surface area contributed by atoms with Crippen molar-refractivity contribution in [1.29, 1.82) is 0 Å². The van der Waals surface area contributed by atoms with Crippen LogP contribution in [0.1, 0.15) is 17.2 Å². The minimum atomic E-state index is -4.91. The van der Waals surface area contributed by atoms with Gasteiger partial charge in [-0.3, -0.25) is 0 Å². The number of benzene rings is 1. The molecule has 0 aliphatic rings. The summed E-state index contributed by atoms with van der Waals surface area (Å²) < 4.78 is 74.2. The van der Waals surface area contributed by atoms with Crippen molar-refractivity contribution >= 4 is 0 Å². The van der Waals surface area contributed by atoms with E-state index in [2.05, 4.69) is 0 Å². The molecular weight excluding hydrogens is 236 g/mol. The van der Waals surface area contributed by atoms with Crippen LogP contribution in [0.15, 0.2) is 18.2 Å². The molecule has 0 aliphatic carbocycles. The average Bonchev–Trinajstić information content (AvgIpc) is 2.15. The van der Waals surface area contributed by atoms with Gasteiger partial charge >= 0.3 is 6.18 Å². The first-order chi connectivity index (χ1) is 7.23. The van der Waals surface area contributed by atoms with Crippen molar-refractivity contribution in [3.63, 3.8) is 0 Å². The van der Waals surface area contributed by atoms with Crippen LogP contribution in [0.3, 0.4) is 0 Å². The molecule has 16 heavy (non-hydrogen) atoms. The zero-order valence-corrected chi connectivity index (χ0v) is 7.73. The van der Waals surface area contributed by atoms with Crippen LogP contribution >= 0.6 is 0 Å². The predicted octanol–water partition coefficient (Wildman–Crippen LogP) is 3.11. The molecule has 1 rings (SSSR count). The van der Waals surface area contributed by atoms with Crippen LogP contribution in [-0.4, -0.2) is 6.43 Å². The lowest BCUT2D eigenvalue weighted by Crippen LogP contribution is -2.23. The number of nitrogens with two attached hydrogens (primary N) is 1. The first-order valence-electron chi connectivity index (χ1n) is 4.14. The van der Waals surface area contributed by atoms with Crippen molar-refractivity contribution in [2.75, 3.05) is 0 Å². The van der Waals surface area contributed by atoms with Gasteiger partial charge in [-0.15, -0.1) is 0 Å². The number of alkyl halides is 5. The Hall–Kier alpha value is -1.24. The van der Waals surface area contributed by atoms with E-state index < -0.39 is 35.6 Å². The Morgan fingerprint density at radius 3 is 2.12 bits per heavy atom. The van der Waals surface area contributed by atoms with Crippen molar-refractivity contribution in [1.82, 2.24) is 0 Å². The van der Waals surface area contributed by atoms with Gasteiger partial charge in [-0.1, -0.05) is 6.07 Å². The Bertz CT molecular complexity index is 373. The van der Waals surface area contributed by atoms with Gasteiger partial charge in [0.2, 0.25) is 0 Å². The summed E-state index contributed by atoms with van der Waals surface area (Å²) in [6.45, 7) is 0. The van der Waals surface area contributed by atoms with Gasteiger partial charge in [-0.25, -0.2) is 13.2 Å². The zero-order chi connectivity index (χ0) is 12.5. The molecule has 1 atom stereocenters. The summed E-state index contributed by atoms with van der Waals surface area (Å²) in [5, 5.41) is 0. The van der Waals surface area contributed by atoms with Crippen molar-refractivity contribution in [2.24, 2.45) is 5.73 Å². The third kappa shape index (κ3) is 2.66. The Kier molecular flexibility index (Phi) is 3.47. The van der Waals surface area contributed by atoms with Gasteiger partial charge in [-0.2, -0.15) is 13.2 Å². The molecule has 0 unspecified atom stereocenters. The summed E-state index contributed by atoms with van der Waals surface area (Å²) in [4.78, 5) is 0. The molecule has 90 valence electrons. The Balaban J connectivity index is 3.29. The highest BCUT2D eigenvalue weighted by Crippen LogP contribution is 2.35. The summed E-state index contributed by atoms with van der Waals surface area (Å²) in [5.74, 6) is -1.16. The summed E-state index contributed by atoms with van der Waals surface area (Å²) in [5.41, 5.74) is 2.63. The van der Waals surface area contributed by atoms with Crippen LogP contribution < -0.4 is 5.73 Å². The summed E-state index contributed by atoms with van der Waals surface area (Å²) in [7, 11) is 0. The van der Waals surface area contributed by atoms with E-state index in [1.807, 2.05) is 0 Å². The molecule has 0 spiro atoms. The fourth-order valence-corrected chi connectivity index (χ4v) is 1.20. The van der Waals surface area contributed by atoms with E-state index in [4.69, 9.17) is 5.73 Å². The Morgan fingerprint density at radius 2 is 1.69 bits per heavy atom. The Morgan fingerprint density at radius 1 is 1.12 bits per heavy atom. The largest absolute Gasteiger partial charge is 0.416 e. The highest BCUT2D eigenvalue weighted by molar-refractivity contribution is 5.33. The molecule has 2 N–H and O–H groups in total. The smallest absolute Gasteiger partial charge is 0.319 e. The first-order valence-corrected chi connectivity index (χ1v) is 4.14. The third-order valence-corrected chi connectivity index (χ3v) is 1.95. The van der Waals surface area contributed by atoms with Crippen LogP contribution in [0, 0.1) is 5.82 Å². The van der Waals surface area contributed by atoms with E-state index >= 15 is 0 Å². The summed E-state index contributed by atoms with van der Waals surface area (Å²) in [6, 6.07) is -0.656. The lowest BCUT2D eigenvalue weighted by molar-refractivity contribution is -0.138. The molecule has 0 heterocycles. The second kappa shape index (κ2) is 4.32. The van der Waals surface area contributed by atoms with Crippen molar-refractivity contribution in [2.45, 2.75) is 18.6 Å². The molecule has 0 fully saturated rings. The fraction of sp³-hybridized carbons (Fsp3) is 0.333. The molecule has 0 amide bonds. The van der Waals surface area contributed by atoms with E-state index in [1.165, 1.54) is 0 Å². The maximum absolute atomic E-state index is 12.6. The highest BCUT2D eigenvalue weighted by Gasteiger charge is 2.36. The fourth-order valence-electron chi connectivity index (χ4n) is 1.20. The van der Waals surface area contributed by atoms with Crippen LogP contribution in [0.5, 0.6) is 0 Å². The molecule has 0 aliphatic heterocycles. The van der Waals surface area contributed by atoms with Gasteiger partial charge in [-0.05, 0) is 17.7 Å². The van der Waals surface area contributed by atoms with Gasteiger partial charge in [0.1, 0.15) is 5.82 Å². The number of hydrogen-bond donors (Lipinski definition) is 1. The number of rotatable bonds is 2. The van der Waals surface area contributed by atoms with Gasteiger partial charge in [0.15, 0.2) is 0 Å². The van der Waals surface area contributed by atoms with E-state index in [0.717, 1.165) is 0 Å². The van der Waals surface area contributed by atoms with Gasteiger partial charge in [0.25, 0.3) is 6.43 Å². The molecule has 0 saturated carbocycles. The monoisotopic (exact) mass is 243 g/mol. The molecule has 7 heteroatoms. The number of halogens is 6. The molecular formula is C9H7F6N. The topological polar surface area (TPSA) is 26.0 Å². The molecule has 0 bridgehead atoms. The second-order valence-corrected chi connectivity index (χ2v) is 3.09. The van der Waals surface area contributed by atoms with Crippen LogP contribution in [-0.2, 0) is 6.18 Å². The molecule has 0 radical (unpaired) electrons. The van der Waals surface area contributed by atoms with Gasteiger partial charge < -0.3 is 5.73 Å². The molecule has 0 aromatic heterocycles. The highest BCUT2D eigenvalue weighted by atomic mass is 19.4. The minimum absolute atomic E-state index is 0.150. The average molecular weight is 243 g/mol. The molecule has 1 aromatic carbocycles. The van der Waals surface area contributed by atoms with Crippen LogP contribution in [0.25, 0.3) is 0 Å². The van der Waals surface area contributed by atoms with E-state index in [1.54, 1.807) is 0 Å². The molecule has 1 aromatic rings. The standard InChI is InChI=1S/C9H7F6N/c10-4-1-2-5(7(16)8(11)12)6(3-4)9(13,14)15/h1-3,7-8H,16H2/t7-/m0/s1. The van der Waals surface area contributed by atoms with Crippen molar-refractivity contribution in [3.05, 3.63) is 35.1 Å². The summed E-state index contributed by atoms with van der Waals surface area (Å²) in [6.07, 6.45) is -8.06. The third-order valence-electron chi connectivity index (χ3n) is 1.95. The first kappa shape index (κ1) is 12.8. The quantitative estimate of drug-likeness (QED) is 0.793. The van der Waals surface area contributed by atoms with Crippen LogP contribution in [0.2, 0.25) is 0 Å². The maximum Gasteiger partial charge on any atom is 0.416 e. The predicted molar refractivity (Wildman–Crippen MR) is 44.3 cm³/mol. The number of hydrogen-bond acceptors (Lipinski definition) is 1. The lowest BCUT2D eigenvalue weighted by Gasteiger charge is -2.17. The Labute approximate surface area is 86.9 Å². The SMILES string of the molecule is N[C@@H](c1ccc(F)cc1C(F)(F)F)C(F)F. The maximum atomic E-state index is 12.6. The van der Waals surface area contributed by atoms with Crippen LogP contribution in [0.4, 0.5) is 26.3 Å². The van der Waals surface area contributed by atoms with E-state index in [0.29, 0.717) is 12.1 Å². The molecule has 0 saturated heterocycles. The lowest BCUT2D eigenvalue weighted by atomic mass is 10.0. The normalized spacial score (nSPS) is 14.2. The second-order valence-electron chi connectivity index (χ2n) is 3.09. The van der Waals surface area contributed by atoms with Gasteiger partial charge in [0.05, 0.1) is 11.6 Å². The van der Waals surface area contributed by atoms with Crippen molar-refractivity contribution in [3.8, 4) is 0 Å². The van der Waals surface area contributed by atoms with Crippen molar-refractivity contribution < 1.29 is 26.3 Å².